The number of hydrogen-bond donors (Lipinski definition) is 1. The van der Waals surface area contributed by atoms with Crippen LogP contribution in [0.1, 0.15) is 74.1 Å². The van der Waals surface area contributed by atoms with Gasteiger partial charge in [-0.2, -0.15) is 9.78 Å². The number of hydrogen-bond acceptors (Lipinski definition) is 10. The molecule has 0 saturated heterocycles. The van der Waals surface area contributed by atoms with Gasteiger partial charge in [-0.25, -0.2) is 19.3 Å². The number of nitrogens with zero attached hydrogens (tertiary/aromatic N) is 3. The quantitative estimate of drug-likeness (QED) is 0.192. The van der Waals surface area contributed by atoms with Crippen LogP contribution in [0.5, 0.6) is 11.5 Å². The summed E-state index contributed by atoms with van der Waals surface area (Å²) in [5.41, 5.74) is 2.52. The minimum Gasteiger partial charge on any atom is -0.474 e. The summed E-state index contributed by atoms with van der Waals surface area (Å²) in [7, 11) is 0. The maximum Gasteiger partial charge on any atom is 0.397 e. The summed E-state index contributed by atoms with van der Waals surface area (Å²) in [6, 6.07) is 6.04. The van der Waals surface area contributed by atoms with Crippen molar-refractivity contribution in [3.63, 3.8) is 0 Å². The maximum absolute atomic E-state index is 12.9. The number of unbranched alkanes of at least 4 members (excludes halogenated alkanes) is 2. The predicted octanol–water partition coefficient (Wildman–Crippen LogP) is 4.45. The number of carboxylic acid groups (broad SMARTS) is 1. The van der Waals surface area contributed by atoms with Gasteiger partial charge in [0.2, 0.25) is 0 Å². The van der Waals surface area contributed by atoms with Gasteiger partial charge in [-0.1, -0.05) is 26.7 Å². The summed E-state index contributed by atoms with van der Waals surface area (Å²) in [6.07, 6.45) is 3.68. The van der Waals surface area contributed by atoms with Crippen molar-refractivity contribution in [3.05, 3.63) is 46.6 Å². The zero-order valence-electron chi connectivity index (χ0n) is 26.2. The van der Waals surface area contributed by atoms with Crippen LogP contribution in [0.4, 0.5) is 5.69 Å². The number of benzene rings is 2. The molecule has 2 aromatic carbocycles. The molecule has 0 spiro atoms. The molecule has 0 saturated carbocycles. The van der Waals surface area contributed by atoms with Crippen molar-refractivity contribution in [3.8, 4) is 11.5 Å². The zero-order chi connectivity index (χ0) is 33.4. The molecule has 0 atom stereocenters. The van der Waals surface area contributed by atoms with Crippen molar-refractivity contribution in [1.29, 1.82) is 0 Å². The lowest BCUT2D eigenvalue weighted by Crippen LogP contribution is -2.46. The lowest BCUT2D eigenvalue weighted by Gasteiger charge is -2.22. The number of aliphatic carboxylic acids is 1. The van der Waals surface area contributed by atoms with Crippen LogP contribution in [0.15, 0.2) is 24.3 Å². The van der Waals surface area contributed by atoms with E-state index in [0.29, 0.717) is 62.5 Å². The summed E-state index contributed by atoms with van der Waals surface area (Å²) in [4.78, 5) is 74.8. The van der Waals surface area contributed by atoms with Gasteiger partial charge in [-0.3, -0.25) is 14.4 Å². The number of aryl methyl sites for hydroxylation is 4. The smallest absolute Gasteiger partial charge is 0.397 e. The fourth-order valence-electron chi connectivity index (χ4n) is 4.97. The number of anilines is 1. The fraction of sp³-hybridized carbons (Fsp3) is 0.406. The molecular formula is C32H37N3O10. The number of carbonyl (C=O) groups is 6. The number of ether oxygens (including phenoxy) is 3. The fourth-order valence-corrected chi connectivity index (χ4v) is 4.97. The summed E-state index contributed by atoms with van der Waals surface area (Å²) < 4.78 is 16.8. The van der Waals surface area contributed by atoms with E-state index in [1.54, 1.807) is 26.0 Å². The Morgan fingerprint density at radius 2 is 1.44 bits per heavy atom. The summed E-state index contributed by atoms with van der Waals surface area (Å²) in [5.74, 6) is -7.33. The van der Waals surface area contributed by atoms with Crippen molar-refractivity contribution in [2.45, 2.75) is 73.6 Å². The molecule has 3 aromatic rings. The van der Waals surface area contributed by atoms with Gasteiger partial charge in [-0.05, 0) is 82.3 Å². The summed E-state index contributed by atoms with van der Waals surface area (Å²) in [5, 5.41) is 14.4. The molecule has 3 rings (SSSR count). The molecule has 1 N–H and O–H groups in total. The Bertz CT molecular complexity index is 1600. The van der Waals surface area contributed by atoms with E-state index in [2.05, 4.69) is 12.0 Å². The molecule has 45 heavy (non-hydrogen) atoms. The van der Waals surface area contributed by atoms with E-state index in [9.17, 15) is 33.9 Å². The highest BCUT2D eigenvalue weighted by atomic mass is 16.5. The Hall–Kier alpha value is -5.07. The SMILES string of the molecule is CCCCCc1nn(C(=O)C(=O)O)c2ccc(Oc3c(C)cc(N(C(=O)C(=O)OCC)C(=O)C(=O)OCC)cc3C)c(CC)c12. The third kappa shape index (κ3) is 7.36. The first-order valence-corrected chi connectivity index (χ1v) is 14.7. The molecule has 1 aromatic heterocycles. The Morgan fingerprint density at radius 1 is 0.867 bits per heavy atom. The number of esters is 2. The summed E-state index contributed by atoms with van der Waals surface area (Å²) in [6.45, 7) is 10.0. The Kier molecular flexibility index (Phi) is 11.5. The van der Waals surface area contributed by atoms with Crippen LogP contribution in [0.3, 0.4) is 0 Å². The zero-order valence-corrected chi connectivity index (χ0v) is 26.2. The number of imide groups is 1. The van der Waals surface area contributed by atoms with Crippen LogP contribution in [-0.4, -0.2) is 63.7 Å². The van der Waals surface area contributed by atoms with Crippen molar-refractivity contribution in [2.75, 3.05) is 18.1 Å². The average Bonchev–Trinajstić information content (AvgIpc) is 3.37. The minimum absolute atomic E-state index is 0.0636. The molecular weight excluding hydrogens is 586 g/mol. The molecule has 0 aliphatic rings. The van der Waals surface area contributed by atoms with Gasteiger partial charge < -0.3 is 19.3 Å². The van der Waals surface area contributed by atoms with Gasteiger partial charge in [0, 0.05) is 10.9 Å². The van der Waals surface area contributed by atoms with Crippen LogP contribution in [0.2, 0.25) is 0 Å². The normalized spacial score (nSPS) is 10.8. The first-order valence-electron chi connectivity index (χ1n) is 14.7. The number of rotatable bonds is 10. The number of aromatic nitrogens is 2. The molecule has 240 valence electrons. The summed E-state index contributed by atoms with van der Waals surface area (Å²) >= 11 is 0. The van der Waals surface area contributed by atoms with Crippen molar-refractivity contribution < 1.29 is 48.1 Å². The van der Waals surface area contributed by atoms with Crippen LogP contribution in [0.25, 0.3) is 10.9 Å². The molecule has 2 amide bonds. The molecule has 0 aliphatic heterocycles. The van der Waals surface area contributed by atoms with Gasteiger partial charge in [0.15, 0.2) is 0 Å². The lowest BCUT2D eigenvalue weighted by atomic mass is 10.0. The highest BCUT2D eigenvalue weighted by molar-refractivity contribution is 6.52. The van der Waals surface area contributed by atoms with Gasteiger partial charge in [-0.15, -0.1) is 0 Å². The van der Waals surface area contributed by atoms with Gasteiger partial charge in [0.25, 0.3) is 0 Å². The number of fused-ring (bicyclic) bond motifs is 1. The Balaban J connectivity index is 2.13. The average molecular weight is 624 g/mol. The van der Waals surface area contributed by atoms with E-state index in [0.717, 1.165) is 23.9 Å². The number of amides is 2. The topological polar surface area (TPSA) is 171 Å². The third-order valence-electron chi connectivity index (χ3n) is 6.95. The van der Waals surface area contributed by atoms with Crippen molar-refractivity contribution >= 4 is 52.2 Å². The van der Waals surface area contributed by atoms with E-state index in [4.69, 9.17) is 14.2 Å². The second-order valence-corrected chi connectivity index (χ2v) is 10.1. The number of carbonyl (C=O) groups excluding carboxylic acids is 5. The van der Waals surface area contributed by atoms with Crippen LogP contribution < -0.4 is 9.64 Å². The molecule has 0 bridgehead atoms. The van der Waals surface area contributed by atoms with Crippen LogP contribution in [0, 0.1) is 13.8 Å². The van der Waals surface area contributed by atoms with Crippen LogP contribution >= 0.6 is 0 Å². The van der Waals surface area contributed by atoms with E-state index in [1.807, 2.05) is 6.92 Å². The second-order valence-electron chi connectivity index (χ2n) is 10.1. The first-order chi connectivity index (χ1) is 21.4. The molecule has 1 heterocycles. The van der Waals surface area contributed by atoms with Crippen molar-refractivity contribution in [2.24, 2.45) is 0 Å². The second kappa shape index (κ2) is 15.1. The van der Waals surface area contributed by atoms with Gasteiger partial charge >= 0.3 is 35.6 Å². The monoisotopic (exact) mass is 623 g/mol. The molecule has 0 unspecified atom stereocenters. The third-order valence-corrected chi connectivity index (χ3v) is 6.95. The van der Waals surface area contributed by atoms with Crippen LogP contribution in [-0.2, 0) is 46.3 Å². The predicted molar refractivity (Wildman–Crippen MR) is 162 cm³/mol. The first kappa shape index (κ1) is 34.4. The van der Waals surface area contributed by atoms with E-state index < -0.39 is 35.6 Å². The van der Waals surface area contributed by atoms with Gasteiger partial charge in [0.05, 0.1) is 30.1 Å². The van der Waals surface area contributed by atoms with E-state index >= 15 is 0 Å². The maximum atomic E-state index is 12.9. The Morgan fingerprint density at radius 3 is 1.93 bits per heavy atom. The highest BCUT2D eigenvalue weighted by Gasteiger charge is 2.36. The lowest BCUT2D eigenvalue weighted by molar-refractivity contribution is -0.157. The van der Waals surface area contributed by atoms with Gasteiger partial charge in [0.1, 0.15) is 11.5 Å². The number of carboxylic acids is 1. The molecule has 0 aliphatic carbocycles. The molecule has 0 fully saturated rings. The minimum atomic E-state index is -1.62. The highest BCUT2D eigenvalue weighted by Crippen LogP contribution is 2.38. The molecule has 13 heteroatoms. The van der Waals surface area contributed by atoms with E-state index in [-0.39, 0.29) is 18.9 Å². The molecule has 13 nitrogen and oxygen atoms in total. The Labute approximate surface area is 260 Å². The van der Waals surface area contributed by atoms with Crippen molar-refractivity contribution in [1.82, 2.24) is 9.78 Å². The largest absolute Gasteiger partial charge is 0.474 e. The molecule has 0 radical (unpaired) electrons. The standard InChI is InChI=1S/C32H37N3O10/c1-7-11-12-13-22-25-21(8-2)24(15-14-23(25)35(33-22)27(36)30(39)40)45-26-18(5)16-20(17-19(26)6)34(28(37)31(41)43-9-3)29(38)32(42)44-10-4/h14-17H,7-13H2,1-6H3,(H,39,40). The van der Waals surface area contributed by atoms with E-state index in [1.165, 1.54) is 26.0 Å².